The van der Waals surface area contributed by atoms with Gasteiger partial charge in [0.1, 0.15) is 17.7 Å². The van der Waals surface area contributed by atoms with Gasteiger partial charge >= 0.3 is 0 Å². The van der Waals surface area contributed by atoms with E-state index in [2.05, 4.69) is 5.32 Å². The van der Waals surface area contributed by atoms with E-state index < -0.39 is 11.6 Å². The molecule has 0 aliphatic carbocycles. The van der Waals surface area contributed by atoms with E-state index in [4.69, 9.17) is 16.9 Å². The van der Waals surface area contributed by atoms with E-state index in [1.165, 1.54) is 12.1 Å². The van der Waals surface area contributed by atoms with Crippen molar-refractivity contribution in [2.75, 3.05) is 11.9 Å². The number of nitriles is 1. The number of likely N-dealkylation sites (tertiary alicyclic amines) is 1. The van der Waals surface area contributed by atoms with Crippen LogP contribution in [0.25, 0.3) is 0 Å². The SMILES string of the molecule is CCCN1C(=O)C[C@H](Nc2ccc(C#N)c(Cl)c2)C1Cc1ccc(F)cc1F. The molecule has 1 heterocycles. The van der Waals surface area contributed by atoms with Crippen LogP contribution in [0.15, 0.2) is 36.4 Å². The van der Waals surface area contributed by atoms with Crippen molar-refractivity contribution < 1.29 is 13.6 Å². The molecule has 3 rings (SSSR count). The highest BCUT2D eigenvalue weighted by molar-refractivity contribution is 6.32. The van der Waals surface area contributed by atoms with E-state index in [0.717, 1.165) is 12.5 Å². The monoisotopic (exact) mass is 403 g/mol. The van der Waals surface area contributed by atoms with Gasteiger partial charge in [-0.1, -0.05) is 24.6 Å². The predicted octanol–water partition coefficient (Wildman–Crippen LogP) is 4.52. The van der Waals surface area contributed by atoms with E-state index in [1.54, 1.807) is 23.1 Å². The zero-order valence-corrected chi connectivity index (χ0v) is 16.1. The maximum Gasteiger partial charge on any atom is 0.225 e. The van der Waals surface area contributed by atoms with Crippen molar-refractivity contribution >= 4 is 23.2 Å². The number of hydrogen-bond donors (Lipinski definition) is 1. The van der Waals surface area contributed by atoms with Gasteiger partial charge in [0.25, 0.3) is 0 Å². The van der Waals surface area contributed by atoms with Gasteiger partial charge in [-0.2, -0.15) is 5.26 Å². The minimum atomic E-state index is -0.629. The van der Waals surface area contributed by atoms with Crippen LogP contribution in [0.5, 0.6) is 0 Å². The Morgan fingerprint density at radius 1 is 1.29 bits per heavy atom. The molecule has 0 saturated carbocycles. The van der Waals surface area contributed by atoms with Gasteiger partial charge in [-0.05, 0) is 42.7 Å². The summed E-state index contributed by atoms with van der Waals surface area (Å²) in [5.74, 6) is -1.25. The molecule has 1 amide bonds. The van der Waals surface area contributed by atoms with Crippen molar-refractivity contribution in [2.24, 2.45) is 0 Å². The number of halogens is 3. The Kier molecular flexibility index (Phi) is 6.15. The third kappa shape index (κ3) is 4.26. The Labute approximate surface area is 167 Å². The lowest BCUT2D eigenvalue weighted by Gasteiger charge is -2.29. The van der Waals surface area contributed by atoms with E-state index in [0.29, 0.717) is 28.4 Å². The molecule has 146 valence electrons. The molecule has 1 N–H and O–H groups in total. The summed E-state index contributed by atoms with van der Waals surface area (Å²) in [6, 6.07) is 9.96. The number of hydrogen-bond acceptors (Lipinski definition) is 3. The summed E-state index contributed by atoms with van der Waals surface area (Å²) in [6.07, 6.45) is 1.33. The lowest BCUT2D eigenvalue weighted by Crippen LogP contribution is -2.42. The van der Waals surface area contributed by atoms with Crippen LogP contribution in [0.2, 0.25) is 5.02 Å². The smallest absolute Gasteiger partial charge is 0.225 e. The topological polar surface area (TPSA) is 56.1 Å². The highest BCUT2D eigenvalue weighted by Crippen LogP contribution is 2.29. The summed E-state index contributed by atoms with van der Waals surface area (Å²) in [4.78, 5) is 14.3. The van der Waals surface area contributed by atoms with Crippen LogP contribution in [-0.4, -0.2) is 29.4 Å². The van der Waals surface area contributed by atoms with Gasteiger partial charge in [-0.15, -0.1) is 0 Å². The number of carbonyl (C=O) groups is 1. The second-order valence-electron chi connectivity index (χ2n) is 6.86. The van der Waals surface area contributed by atoms with Gasteiger partial charge in [-0.3, -0.25) is 4.79 Å². The molecule has 2 aromatic rings. The van der Waals surface area contributed by atoms with Crippen LogP contribution in [0.3, 0.4) is 0 Å². The molecular formula is C21H20ClF2N3O. The Bertz CT molecular complexity index is 928. The maximum absolute atomic E-state index is 14.2. The average molecular weight is 404 g/mol. The number of nitrogens with zero attached hydrogens (tertiary/aromatic N) is 2. The standard InChI is InChI=1S/C21H20ClF2N3O/c1-2-7-27-20(8-13-3-5-15(23)9-18(13)24)19(11-21(27)28)26-16-6-4-14(12-25)17(22)10-16/h3-6,9-10,19-20,26H,2,7-8,11H2,1H3/t19-,20?/m0/s1. The van der Waals surface area contributed by atoms with E-state index >= 15 is 0 Å². The lowest BCUT2D eigenvalue weighted by molar-refractivity contribution is -0.128. The van der Waals surface area contributed by atoms with Crippen LogP contribution < -0.4 is 5.32 Å². The number of benzene rings is 2. The molecule has 1 fully saturated rings. The van der Waals surface area contributed by atoms with Crippen molar-refractivity contribution in [3.63, 3.8) is 0 Å². The first-order chi connectivity index (χ1) is 13.4. The summed E-state index contributed by atoms with van der Waals surface area (Å²) in [6.45, 7) is 2.54. The van der Waals surface area contributed by atoms with Crippen LogP contribution >= 0.6 is 11.6 Å². The Hall–Kier alpha value is -2.65. The minimum Gasteiger partial charge on any atom is -0.380 e. The van der Waals surface area contributed by atoms with Gasteiger partial charge in [0, 0.05) is 24.7 Å². The fraction of sp³-hybridized carbons (Fsp3) is 0.333. The summed E-state index contributed by atoms with van der Waals surface area (Å²) < 4.78 is 27.4. The summed E-state index contributed by atoms with van der Waals surface area (Å²) >= 11 is 6.10. The van der Waals surface area contributed by atoms with Crippen LogP contribution in [0, 0.1) is 23.0 Å². The van der Waals surface area contributed by atoms with E-state index in [-0.39, 0.29) is 30.8 Å². The van der Waals surface area contributed by atoms with Crippen molar-refractivity contribution in [1.29, 1.82) is 5.26 Å². The van der Waals surface area contributed by atoms with Crippen molar-refractivity contribution in [1.82, 2.24) is 4.90 Å². The molecule has 4 nitrogen and oxygen atoms in total. The van der Waals surface area contributed by atoms with Gasteiger partial charge in [-0.25, -0.2) is 8.78 Å². The summed E-state index contributed by atoms with van der Waals surface area (Å²) in [7, 11) is 0. The van der Waals surface area contributed by atoms with Crippen molar-refractivity contribution in [2.45, 2.75) is 38.3 Å². The summed E-state index contributed by atoms with van der Waals surface area (Å²) in [5, 5.41) is 12.6. The molecule has 28 heavy (non-hydrogen) atoms. The third-order valence-corrected chi connectivity index (χ3v) is 5.24. The molecule has 2 aromatic carbocycles. The van der Waals surface area contributed by atoms with Crippen molar-refractivity contribution in [3.8, 4) is 6.07 Å². The first kappa shape index (κ1) is 20.1. The Balaban J connectivity index is 1.86. The van der Waals surface area contributed by atoms with E-state index in [9.17, 15) is 13.6 Å². The highest BCUT2D eigenvalue weighted by Gasteiger charge is 2.39. The maximum atomic E-state index is 14.2. The normalized spacial score (nSPS) is 19.0. The zero-order chi connectivity index (χ0) is 20.3. The Morgan fingerprint density at radius 2 is 2.07 bits per heavy atom. The van der Waals surface area contributed by atoms with Crippen molar-refractivity contribution in [3.05, 3.63) is 64.2 Å². The molecule has 7 heteroatoms. The number of carbonyl (C=O) groups excluding carboxylic acids is 1. The fourth-order valence-corrected chi connectivity index (χ4v) is 3.82. The summed E-state index contributed by atoms with van der Waals surface area (Å²) in [5.41, 5.74) is 1.42. The van der Waals surface area contributed by atoms with Gasteiger partial charge in [0.05, 0.1) is 22.7 Å². The predicted molar refractivity (Wildman–Crippen MR) is 104 cm³/mol. The van der Waals surface area contributed by atoms with Gasteiger partial charge in [0.2, 0.25) is 5.91 Å². The Morgan fingerprint density at radius 3 is 2.71 bits per heavy atom. The van der Waals surface area contributed by atoms with E-state index in [1.807, 2.05) is 13.0 Å². The van der Waals surface area contributed by atoms with Gasteiger partial charge in [0.15, 0.2) is 0 Å². The fourth-order valence-electron chi connectivity index (χ4n) is 3.60. The van der Waals surface area contributed by atoms with Crippen LogP contribution in [-0.2, 0) is 11.2 Å². The molecule has 1 unspecified atom stereocenters. The molecular weight excluding hydrogens is 384 g/mol. The molecule has 0 spiro atoms. The zero-order valence-electron chi connectivity index (χ0n) is 15.4. The molecule has 2 atom stereocenters. The number of anilines is 1. The first-order valence-electron chi connectivity index (χ1n) is 9.12. The highest BCUT2D eigenvalue weighted by atomic mass is 35.5. The molecule has 1 saturated heterocycles. The van der Waals surface area contributed by atoms with Crippen LogP contribution in [0.1, 0.15) is 30.9 Å². The quantitative estimate of drug-likeness (QED) is 0.771. The second-order valence-corrected chi connectivity index (χ2v) is 7.26. The van der Waals surface area contributed by atoms with Gasteiger partial charge < -0.3 is 10.2 Å². The molecule has 0 aromatic heterocycles. The van der Waals surface area contributed by atoms with Crippen LogP contribution in [0.4, 0.5) is 14.5 Å². The third-order valence-electron chi connectivity index (χ3n) is 4.93. The molecule has 0 radical (unpaired) electrons. The number of rotatable bonds is 6. The molecule has 0 bridgehead atoms. The largest absolute Gasteiger partial charge is 0.380 e. The molecule has 1 aliphatic rings. The average Bonchev–Trinajstić information content (AvgIpc) is 2.93. The lowest BCUT2D eigenvalue weighted by atomic mass is 9.99. The first-order valence-corrected chi connectivity index (χ1v) is 9.50. The minimum absolute atomic E-state index is 0.00777. The second kappa shape index (κ2) is 8.57. The number of nitrogens with one attached hydrogen (secondary N) is 1. The number of amides is 1. The molecule has 1 aliphatic heterocycles.